The number of anilines is 4. The van der Waals surface area contributed by atoms with Gasteiger partial charge in [-0.15, -0.1) is 10.2 Å². The summed E-state index contributed by atoms with van der Waals surface area (Å²) in [7, 11) is 0. The van der Waals surface area contributed by atoms with E-state index in [0.29, 0.717) is 16.5 Å². The second-order valence-electron chi connectivity index (χ2n) is 18.7. The van der Waals surface area contributed by atoms with E-state index in [-0.39, 0.29) is 17.6 Å². The molecule has 6 heterocycles. The van der Waals surface area contributed by atoms with Gasteiger partial charge in [0.1, 0.15) is 5.82 Å². The van der Waals surface area contributed by atoms with E-state index in [2.05, 4.69) is 70.8 Å². The molecule has 4 aliphatic carbocycles. The Hall–Kier alpha value is -3.97. The predicted molar refractivity (Wildman–Crippen MR) is 222 cm³/mol. The number of aliphatic hydroxyl groups excluding tert-OH is 1. The summed E-state index contributed by atoms with van der Waals surface area (Å²) in [5, 5.41) is 29.4. The Bertz CT molecular complexity index is 2240. The van der Waals surface area contributed by atoms with Gasteiger partial charge in [-0.25, -0.2) is 9.97 Å². The lowest BCUT2D eigenvalue weighted by Crippen LogP contribution is -2.64. The number of nitrogens with zero attached hydrogens (tertiary/aromatic N) is 8. The zero-order valence-corrected chi connectivity index (χ0v) is 34.2. The van der Waals surface area contributed by atoms with Gasteiger partial charge in [-0.1, -0.05) is 37.3 Å². The van der Waals surface area contributed by atoms with Gasteiger partial charge in [-0.05, 0) is 132 Å². The molecule has 12 heteroatoms. The van der Waals surface area contributed by atoms with E-state index in [1.165, 1.54) is 58.0 Å². The number of benzene rings is 1. The maximum absolute atomic E-state index is 10.7. The van der Waals surface area contributed by atoms with E-state index in [0.717, 1.165) is 106 Å². The zero-order chi connectivity index (χ0) is 38.3. The fraction of sp³-hybridized carbons (Fsp3) is 0.568. The summed E-state index contributed by atoms with van der Waals surface area (Å²) in [6, 6.07) is 12.3. The molecular weight excluding hydrogens is 719 g/mol. The number of hydrogen-bond donors (Lipinski definition) is 2. The van der Waals surface area contributed by atoms with Gasteiger partial charge >= 0.3 is 0 Å². The normalized spacial score (nSPS) is 28.4. The maximum atomic E-state index is 10.7. The number of hydrogen-bond acceptors (Lipinski definition) is 11. The van der Waals surface area contributed by atoms with Crippen LogP contribution in [-0.4, -0.2) is 78.3 Å². The number of thiazole rings is 1. The average molecular weight is 774 g/mol. The average Bonchev–Trinajstić information content (AvgIpc) is 3.91. The molecular formula is C44H55N9O2S. The minimum Gasteiger partial charge on any atom is -0.390 e. The van der Waals surface area contributed by atoms with E-state index in [4.69, 9.17) is 24.9 Å². The first-order chi connectivity index (χ1) is 27.0. The van der Waals surface area contributed by atoms with Gasteiger partial charge in [0, 0.05) is 47.6 Å². The molecule has 2 unspecified atom stereocenters. The number of rotatable bonds is 11. The Kier molecular flexibility index (Phi) is 8.81. The first-order valence-electron chi connectivity index (χ1n) is 20.8. The van der Waals surface area contributed by atoms with Gasteiger partial charge in [0.2, 0.25) is 0 Å². The fourth-order valence-electron chi connectivity index (χ4n) is 12.7. The van der Waals surface area contributed by atoms with Crippen LogP contribution in [0.15, 0.2) is 42.6 Å². The molecule has 4 saturated carbocycles. The highest BCUT2D eigenvalue weighted by atomic mass is 32.1. The summed E-state index contributed by atoms with van der Waals surface area (Å²) in [4.78, 5) is 14.5. The molecule has 4 aromatic heterocycles. The monoisotopic (exact) mass is 773 g/mol. The van der Waals surface area contributed by atoms with Gasteiger partial charge in [-0.2, -0.15) is 5.10 Å². The molecule has 11 nitrogen and oxygen atoms in total. The van der Waals surface area contributed by atoms with Gasteiger partial charge < -0.3 is 25.0 Å². The Morgan fingerprint density at radius 1 is 0.875 bits per heavy atom. The topological polar surface area (TPSA) is 117 Å². The predicted octanol–water partition coefficient (Wildman–Crippen LogP) is 8.51. The number of fused-ring (bicyclic) bond motifs is 2. The minimum atomic E-state index is -0.165. The smallest absolute Gasteiger partial charge is 0.189 e. The summed E-state index contributed by atoms with van der Waals surface area (Å²) >= 11 is 1.61. The van der Waals surface area contributed by atoms with E-state index < -0.39 is 0 Å². The van der Waals surface area contributed by atoms with Crippen molar-refractivity contribution in [3.63, 3.8) is 0 Å². The van der Waals surface area contributed by atoms with Gasteiger partial charge in [0.05, 0.1) is 40.9 Å². The van der Waals surface area contributed by atoms with Crippen molar-refractivity contribution in [3.05, 3.63) is 65.1 Å². The second-order valence-corrected chi connectivity index (χ2v) is 19.8. The number of aromatic nitrogens is 6. The number of para-hydroxylation sites is 1. The number of pyridine rings is 1. The Labute approximate surface area is 333 Å². The molecule has 1 aromatic carbocycles. The molecule has 2 atom stereocenters. The van der Waals surface area contributed by atoms with Crippen LogP contribution < -0.4 is 10.2 Å². The quantitative estimate of drug-likeness (QED) is 0.135. The van der Waals surface area contributed by atoms with Crippen LogP contribution in [0.25, 0.3) is 21.3 Å². The third-order valence-corrected chi connectivity index (χ3v) is 14.8. The van der Waals surface area contributed by atoms with Crippen LogP contribution in [0.4, 0.5) is 22.6 Å². The largest absolute Gasteiger partial charge is 0.390 e. The fourth-order valence-corrected chi connectivity index (χ4v) is 13.6. The van der Waals surface area contributed by atoms with E-state index in [1.54, 1.807) is 11.3 Å². The summed E-state index contributed by atoms with van der Waals surface area (Å²) in [6.07, 6.45) is 13.8. The lowest BCUT2D eigenvalue weighted by molar-refractivity contribution is -0.248. The van der Waals surface area contributed by atoms with E-state index >= 15 is 0 Å². The molecule has 0 spiro atoms. The van der Waals surface area contributed by atoms with Crippen molar-refractivity contribution in [2.45, 2.75) is 111 Å². The molecule has 4 bridgehead atoms. The van der Waals surface area contributed by atoms with Crippen LogP contribution in [0, 0.1) is 30.1 Å². The van der Waals surface area contributed by atoms with Gasteiger partial charge in [0.15, 0.2) is 16.8 Å². The van der Waals surface area contributed by atoms with Crippen molar-refractivity contribution in [1.29, 1.82) is 0 Å². The third-order valence-electron chi connectivity index (χ3n) is 13.8. The van der Waals surface area contributed by atoms with Crippen molar-refractivity contribution in [2.24, 2.45) is 16.2 Å². The molecule has 6 aliphatic rings. The molecule has 56 heavy (non-hydrogen) atoms. The number of nitrogens with one attached hydrogen (secondary N) is 1. The van der Waals surface area contributed by atoms with Crippen molar-refractivity contribution in [2.75, 3.05) is 43.0 Å². The van der Waals surface area contributed by atoms with Crippen LogP contribution in [-0.2, 0) is 24.3 Å². The SMILES string of the molecule is Cc1c(Nc2nc3ccccc3s2)nnc2c1CCCN2c1ccc(-c2cnn(CC34CC5(C)CC(C)(C3)CC(OCCN3CCCC3)(C5)C4)c2C)c(CO)n1. The summed E-state index contributed by atoms with van der Waals surface area (Å²) in [6.45, 7) is 15.2. The molecule has 294 valence electrons. The summed E-state index contributed by atoms with van der Waals surface area (Å²) < 4.78 is 10.4. The Morgan fingerprint density at radius 2 is 1.68 bits per heavy atom. The van der Waals surface area contributed by atoms with Crippen LogP contribution in [0.2, 0.25) is 0 Å². The molecule has 0 radical (unpaired) electrons. The van der Waals surface area contributed by atoms with Crippen molar-refractivity contribution < 1.29 is 9.84 Å². The van der Waals surface area contributed by atoms with Crippen LogP contribution in [0.5, 0.6) is 0 Å². The van der Waals surface area contributed by atoms with E-state index in [9.17, 15) is 5.11 Å². The molecule has 5 aromatic rings. The Balaban J connectivity index is 0.890. The molecule has 2 aliphatic heterocycles. The number of likely N-dealkylation sites (tertiary alicyclic amines) is 1. The first-order valence-corrected chi connectivity index (χ1v) is 21.6. The van der Waals surface area contributed by atoms with E-state index in [1.807, 2.05) is 24.4 Å². The van der Waals surface area contributed by atoms with Crippen molar-refractivity contribution in [3.8, 4) is 11.1 Å². The van der Waals surface area contributed by atoms with Crippen LogP contribution in [0.1, 0.15) is 94.1 Å². The molecule has 11 rings (SSSR count). The highest BCUT2D eigenvalue weighted by Crippen LogP contribution is 2.72. The van der Waals surface area contributed by atoms with Crippen molar-refractivity contribution >= 4 is 44.1 Å². The lowest BCUT2D eigenvalue weighted by Gasteiger charge is -2.69. The molecule has 0 amide bonds. The number of ether oxygens (including phenoxy) is 1. The lowest BCUT2D eigenvalue weighted by atomic mass is 9.39. The zero-order valence-electron chi connectivity index (χ0n) is 33.4. The molecule has 5 fully saturated rings. The van der Waals surface area contributed by atoms with Crippen molar-refractivity contribution in [1.82, 2.24) is 34.8 Å². The third kappa shape index (κ3) is 6.41. The molecule has 2 N–H and O–H groups in total. The van der Waals surface area contributed by atoms with Gasteiger partial charge in [-0.3, -0.25) is 4.68 Å². The summed E-state index contributed by atoms with van der Waals surface area (Å²) in [5.41, 5.74) is 7.68. The summed E-state index contributed by atoms with van der Waals surface area (Å²) in [5.74, 6) is 2.33. The van der Waals surface area contributed by atoms with Crippen LogP contribution in [0.3, 0.4) is 0 Å². The molecule has 1 saturated heterocycles. The highest BCUT2D eigenvalue weighted by molar-refractivity contribution is 7.22. The number of aliphatic hydroxyl groups is 1. The highest BCUT2D eigenvalue weighted by Gasteiger charge is 2.66. The Morgan fingerprint density at radius 3 is 2.46 bits per heavy atom. The maximum Gasteiger partial charge on any atom is 0.189 e. The second kappa shape index (κ2) is 13.6. The standard InChI is InChI=1S/C44H55N9O2S/c1-29-31-10-9-17-52(39(31)50-49-38(29)48-40-47-34-11-5-6-12-36(34)56-40)37-14-13-32(35(21-54)46-37)33-20-45-53(30(33)2)28-43-23-41(3)22-42(4,24-43)26-44(25-41,27-43)55-19-18-51-15-7-8-16-51/h5-6,11-14,20,54H,7-10,15-19,21-28H2,1-4H3,(H,47,48,49). The van der Waals surface area contributed by atoms with Gasteiger partial charge in [0.25, 0.3) is 0 Å². The minimum absolute atomic E-state index is 0.0316. The van der Waals surface area contributed by atoms with Crippen LogP contribution >= 0.6 is 11.3 Å². The first kappa shape index (κ1) is 36.4.